The normalized spacial score (nSPS) is 16.7. The summed E-state index contributed by atoms with van der Waals surface area (Å²) in [6.45, 7) is 5.43. The third kappa shape index (κ3) is 6.10. The van der Waals surface area contributed by atoms with E-state index in [1.165, 1.54) is 0 Å². The molecule has 1 saturated heterocycles. The zero-order valence-electron chi connectivity index (χ0n) is 14.7. The van der Waals surface area contributed by atoms with E-state index in [9.17, 15) is 4.79 Å². The summed E-state index contributed by atoms with van der Waals surface area (Å²) in [5.74, 6) is 0.248. The molecule has 0 bridgehead atoms. The highest BCUT2D eigenvalue weighted by atomic mass is 35.5. The molecule has 0 spiro atoms. The fraction of sp³-hybridized carbons (Fsp3) is 0.529. The van der Waals surface area contributed by atoms with Gasteiger partial charge in [0.15, 0.2) is 5.96 Å². The lowest BCUT2D eigenvalue weighted by atomic mass is 10.2. The lowest BCUT2D eigenvalue weighted by molar-refractivity contribution is -0.129. The number of hydrogen-bond acceptors (Lipinski definition) is 4. The SMILES string of the molecule is COCC(C)NC(N)=NCC(=O)N1CCN(c2ccc(Cl)cc2)CC1. The minimum absolute atomic E-state index is 0.0140. The maximum Gasteiger partial charge on any atom is 0.244 e. The van der Waals surface area contributed by atoms with Gasteiger partial charge in [0.1, 0.15) is 6.54 Å². The van der Waals surface area contributed by atoms with E-state index in [1.807, 2.05) is 36.1 Å². The van der Waals surface area contributed by atoms with E-state index in [0.717, 1.165) is 23.8 Å². The Morgan fingerprint density at radius 3 is 2.56 bits per heavy atom. The summed E-state index contributed by atoms with van der Waals surface area (Å²) in [6, 6.07) is 7.80. The fourth-order valence-corrected chi connectivity index (χ4v) is 2.83. The summed E-state index contributed by atoms with van der Waals surface area (Å²) < 4.78 is 5.02. The van der Waals surface area contributed by atoms with Crippen molar-refractivity contribution in [3.63, 3.8) is 0 Å². The second kappa shape index (κ2) is 9.48. The van der Waals surface area contributed by atoms with E-state index in [1.54, 1.807) is 7.11 Å². The number of hydrogen-bond donors (Lipinski definition) is 2. The first kappa shape index (κ1) is 19.3. The van der Waals surface area contributed by atoms with Gasteiger partial charge < -0.3 is 25.6 Å². The van der Waals surface area contributed by atoms with Crippen molar-refractivity contribution in [1.29, 1.82) is 0 Å². The van der Waals surface area contributed by atoms with Gasteiger partial charge in [0.2, 0.25) is 5.91 Å². The highest BCUT2D eigenvalue weighted by Crippen LogP contribution is 2.19. The molecule has 138 valence electrons. The van der Waals surface area contributed by atoms with Gasteiger partial charge in [-0.3, -0.25) is 4.79 Å². The van der Waals surface area contributed by atoms with E-state index >= 15 is 0 Å². The Hall–Kier alpha value is -1.99. The summed E-state index contributed by atoms with van der Waals surface area (Å²) in [5, 5.41) is 3.71. The number of nitrogens with one attached hydrogen (secondary N) is 1. The maximum absolute atomic E-state index is 12.3. The largest absolute Gasteiger partial charge is 0.383 e. The Morgan fingerprint density at radius 1 is 1.32 bits per heavy atom. The van der Waals surface area contributed by atoms with Gasteiger partial charge in [-0.25, -0.2) is 4.99 Å². The standard InChI is InChI=1S/C17H26ClN5O2/c1-13(12-25-2)21-17(19)20-11-16(24)23-9-7-22(8-10-23)15-5-3-14(18)4-6-15/h3-6,13H,7-12H2,1-2H3,(H3,19,20,21). The molecule has 1 fully saturated rings. The predicted molar refractivity (Wildman–Crippen MR) is 101 cm³/mol. The second-order valence-corrected chi connectivity index (χ2v) is 6.48. The number of halogens is 1. The minimum atomic E-state index is -0.0140. The van der Waals surface area contributed by atoms with Gasteiger partial charge in [0, 0.05) is 50.0 Å². The molecule has 7 nitrogen and oxygen atoms in total. The predicted octanol–water partition coefficient (Wildman–Crippen LogP) is 0.928. The molecule has 1 amide bonds. The molecule has 1 aliphatic rings. The molecule has 2 rings (SSSR count). The first-order valence-electron chi connectivity index (χ1n) is 8.33. The number of piperazine rings is 1. The van der Waals surface area contributed by atoms with Crippen LogP contribution in [0.15, 0.2) is 29.3 Å². The molecule has 0 radical (unpaired) electrons. The summed E-state index contributed by atoms with van der Waals surface area (Å²) in [7, 11) is 1.62. The van der Waals surface area contributed by atoms with Crippen molar-refractivity contribution in [2.45, 2.75) is 13.0 Å². The number of benzene rings is 1. The molecular weight excluding hydrogens is 342 g/mol. The third-order valence-electron chi connectivity index (χ3n) is 4.02. The van der Waals surface area contributed by atoms with Gasteiger partial charge in [0.05, 0.1) is 6.61 Å². The van der Waals surface area contributed by atoms with Crippen LogP contribution in [0, 0.1) is 0 Å². The van der Waals surface area contributed by atoms with E-state index in [-0.39, 0.29) is 24.5 Å². The Labute approximate surface area is 153 Å². The number of rotatable bonds is 6. The number of nitrogens with two attached hydrogens (primary N) is 1. The molecule has 0 aromatic heterocycles. The van der Waals surface area contributed by atoms with Crippen LogP contribution in [-0.2, 0) is 9.53 Å². The second-order valence-electron chi connectivity index (χ2n) is 6.05. The molecule has 1 unspecified atom stereocenters. The molecule has 1 aromatic rings. The molecule has 0 aliphatic carbocycles. The van der Waals surface area contributed by atoms with Gasteiger partial charge in [-0.2, -0.15) is 0 Å². The maximum atomic E-state index is 12.3. The monoisotopic (exact) mass is 367 g/mol. The van der Waals surface area contributed by atoms with Crippen molar-refractivity contribution in [3.05, 3.63) is 29.3 Å². The summed E-state index contributed by atoms with van der Waals surface area (Å²) in [6.07, 6.45) is 0. The Bertz CT molecular complexity index is 585. The molecule has 1 aromatic carbocycles. The lowest BCUT2D eigenvalue weighted by Gasteiger charge is -2.36. The average molecular weight is 368 g/mol. The van der Waals surface area contributed by atoms with Gasteiger partial charge in [0.25, 0.3) is 0 Å². The zero-order chi connectivity index (χ0) is 18.2. The molecule has 25 heavy (non-hydrogen) atoms. The van der Waals surface area contributed by atoms with E-state index in [0.29, 0.717) is 19.7 Å². The number of guanidine groups is 1. The fourth-order valence-electron chi connectivity index (χ4n) is 2.71. The van der Waals surface area contributed by atoms with E-state index in [2.05, 4.69) is 15.2 Å². The van der Waals surface area contributed by atoms with Crippen LogP contribution in [0.4, 0.5) is 5.69 Å². The zero-order valence-corrected chi connectivity index (χ0v) is 15.5. The van der Waals surface area contributed by atoms with Crippen LogP contribution in [0.3, 0.4) is 0 Å². The number of amides is 1. The van der Waals surface area contributed by atoms with Crippen LogP contribution in [0.2, 0.25) is 5.02 Å². The van der Waals surface area contributed by atoms with Crippen LogP contribution in [0.25, 0.3) is 0 Å². The number of methoxy groups -OCH3 is 1. The molecule has 1 heterocycles. The van der Waals surface area contributed by atoms with Crippen molar-refractivity contribution in [1.82, 2.24) is 10.2 Å². The van der Waals surface area contributed by atoms with Gasteiger partial charge in [-0.05, 0) is 31.2 Å². The van der Waals surface area contributed by atoms with Gasteiger partial charge in [-0.15, -0.1) is 0 Å². The van der Waals surface area contributed by atoms with Crippen LogP contribution >= 0.6 is 11.6 Å². The van der Waals surface area contributed by atoms with Gasteiger partial charge >= 0.3 is 0 Å². The Kier molecular flexibility index (Phi) is 7.33. The van der Waals surface area contributed by atoms with E-state index in [4.69, 9.17) is 22.1 Å². The van der Waals surface area contributed by atoms with Crippen LogP contribution in [0.5, 0.6) is 0 Å². The molecular formula is C17H26ClN5O2. The molecule has 3 N–H and O–H groups in total. The third-order valence-corrected chi connectivity index (χ3v) is 4.27. The topological polar surface area (TPSA) is 83.2 Å². The summed E-state index contributed by atoms with van der Waals surface area (Å²) in [4.78, 5) is 20.5. The summed E-state index contributed by atoms with van der Waals surface area (Å²) >= 11 is 5.92. The van der Waals surface area contributed by atoms with Crippen molar-refractivity contribution >= 4 is 29.2 Å². The quantitative estimate of drug-likeness (QED) is 0.577. The van der Waals surface area contributed by atoms with Crippen molar-refractivity contribution in [2.24, 2.45) is 10.7 Å². The van der Waals surface area contributed by atoms with E-state index < -0.39 is 0 Å². The molecule has 1 atom stereocenters. The first-order valence-corrected chi connectivity index (χ1v) is 8.71. The van der Waals surface area contributed by atoms with Crippen LogP contribution < -0.4 is 16.0 Å². The molecule has 1 aliphatic heterocycles. The number of ether oxygens (including phenoxy) is 1. The Morgan fingerprint density at radius 2 is 1.96 bits per heavy atom. The Balaban J connectivity index is 1.78. The van der Waals surface area contributed by atoms with Crippen molar-refractivity contribution < 1.29 is 9.53 Å². The minimum Gasteiger partial charge on any atom is -0.383 e. The lowest BCUT2D eigenvalue weighted by Crippen LogP contribution is -2.49. The van der Waals surface area contributed by atoms with Crippen molar-refractivity contribution in [2.75, 3.05) is 51.3 Å². The molecule has 8 heteroatoms. The highest BCUT2D eigenvalue weighted by molar-refractivity contribution is 6.30. The van der Waals surface area contributed by atoms with Crippen LogP contribution in [-0.4, -0.2) is 69.2 Å². The summed E-state index contributed by atoms with van der Waals surface area (Å²) in [5.41, 5.74) is 6.91. The number of anilines is 1. The smallest absolute Gasteiger partial charge is 0.244 e. The number of nitrogens with zero attached hydrogens (tertiary/aromatic N) is 3. The number of carbonyl (C=O) groups is 1. The highest BCUT2D eigenvalue weighted by Gasteiger charge is 2.21. The van der Waals surface area contributed by atoms with Crippen molar-refractivity contribution in [3.8, 4) is 0 Å². The molecule has 0 saturated carbocycles. The average Bonchev–Trinajstić information content (AvgIpc) is 2.60. The number of aliphatic imine (C=N–C) groups is 1. The van der Waals surface area contributed by atoms with Gasteiger partial charge in [-0.1, -0.05) is 11.6 Å². The first-order chi connectivity index (χ1) is 12.0. The van der Waals surface area contributed by atoms with Crippen LogP contribution in [0.1, 0.15) is 6.92 Å². The number of carbonyl (C=O) groups excluding carboxylic acids is 1.